The molecule has 1 atom stereocenters. The van der Waals surface area contributed by atoms with Gasteiger partial charge in [-0.2, -0.15) is 0 Å². The smallest absolute Gasteiger partial charge is 0.119 e. The van der Waals surface area contributed by atoms with Crippen molar-refractivity contribution in [2.24, 2.45) is 0 Å². The van der Waals surface area contributed by atoms with E-state index in [9.17, 15) is 9.90 Å². The Balaban J connectivity index is 1.69. The lowest BCUT2D eigenvalue weighted by Crippen LogP contribution is -3.08. The zero-order chi connectivity index (χ0) is 21.5. The molecule has 5 nitrogen and oxygen atoms in total. The molecular weight excluding hydrogens is 388 g/mol. The second kappa shape index (κ2) is 7.52. The highest BCUT2D eigenvalue weighted by molar-refractivity contribution is 6.05. The van der Waals surface area contributed by atoms with Crippen LogP contribution >= 0.6 is 0 Å². The molecule has 0 saturated heterocycles. The zero-order valence-electron chi connectivity index (χ0n) is 17.4. The number of benzene rings is 3. The second-order valence-electron chi connectivity index (χ2n) is 8.07. The number of carboxylic acid groups (broad SMARTS) is 1. The Hall–Kier alpha value is -3.70. The predicted octanol–water partition coefficient (Wildman–Crippen LogP) is 2.33. The lowest BCUT2D eigenvalue weighted by atomic mass is 9.92. The Morgan fingerprint density at radius 3 is 2.65 bits per heavy atom. The van der Waals surface area contributed by atoms with Crippen molar-refractivity contribution in [2.45, 2.75) is 6.54 Å². The van der Waals surface area contributed by atoms with Crippen LogP contribution in [0.2, 0.25) is 0 Å². The average Bonchev–Trinajstić information content (AvgIpc) is 2.77. The Bertz CT molecular complexity index is 1370. The molecule has 0 amide bonds. The number of pyridine rings is 1. The van der Waals surface area contributed by atoms with Crippen molar-refractivity contribution in [1.29, 1.82) is 0 Å². The molecule has 0 bridgehead atoms. The van der Waals surface area contributed by atoms with E-state index in [1.54, 1.807) is 13.2 Å². The van der Waals surface area contributed by atoms with Crippen molar-refractivity contribution in [1.82, 2.24) is 4.98 Å². The number of rotatable bonds is 3. The van der Waals surface area contributed by atoms with Crippen LogP contribution in [-0.2, 0) is 6.54 Å². The fraction of sp³-hybridized carbons (Fsp3) is 0.154. The molecule has 0 spiro atoms. The number of carbonyl (C=O) groups is 1. The summed E-state index contributed by atoms with van der Waals surface area (Å²) < 4.78 is 5.31. The molecule has 5 heteroatoms. The summed E-state index contributed by atoms with van der Waals surface area (Å²) in [6.45, 7) is 1.37. The van der Waals surface area contributed by atoms with Gasteiger partial charge in [0, 0.05) is 22.1 Å². The highest BCUT2D eigenvalue weighted by atomic mass is 16.5. The number of quaternary nitrogens is 1. The Labute approximate surface area is 180 Å². The number of ether oxygens (including phenoxy) is 1. The van der Waals surface area contributed by atoms with Gasteiger partial charge in [0.15, 0.2) is 0 Å². The van der Waals surface area contributed by atoms with Crippen LogP contribution in [0.3, 0.4) is 0 Å². The third-order valence-corrected chi connectivity index (χ3v) is 5.88. The molecule has 154 valence electrons. The van der Waals surface area contributed by atoms with E-state index in [4.69, 9.17) is 9.72 Å². The summed E-state index contributed by atoms with van der Waals surface area (Å²) in [5.41, 5.74) is 4.53. The number of aromatic nitrogens is 1. The van der Waals surface area contributed by atoms with Crippen LogP contribution in [-0.4, -0.2) is 31.7 Å². The van der Waals surface area contributed by atoms with Crippen molar-refractivity contribution in [3.05, 3.63) is 83.0 Å². The molecule has 3 aromatic carbocycles. The number of nitrogens with one attached hydrogen (secondary N) is 1. The second-order valence-corrected chi connectivity index (χ2v) is 8.07. The van der Waals surface area contributed by atoms with Crippen LogP contribution in [0.15, 0.2) is 60.7 Å². The minimum absolute atomic E-state index is 0.260. The first-order valence-corrected chi connectivity index (χ1v) is 10.3. The lowest BCUT2D eigenvalue weighted by molar-refractivity contribution is -0.887. The van der Waals surface area contributed by atoms with Crippen LogP contribution in [0.1, 0.15) is 27.2 Å². The summed E-state index contributed by atoms with van der Waals surface area (Å²) in [4.78, 5) is 18.2. The molecule has 0 aliphatic carbocycles. The minimum Gasteiger partial charge on any atom is -0.545 e. The molecule has 1 aliphatic rings. The van der Waals surface area contributed by atoms with Crippen LogP contribution in [0.4, 0.5) is 0 Å². The highest BCUT2D eigenvalue weighted by Gasteiger charge is 2.27. The van der Waals surface area contributed by atoms with E-state index in [-0.39, 0.29) is 5.56 Å². The van der Waals surface area contributed by atoms with Crippen molar-refractivity contribution >= 4 is 39.3 Å². The predicted molar refractivity (Wildman–Crippen MR) is 120 cm³/mol. The maximum absolute atomic E-state index is 12.1. The van der Waals surface area contributed by atoms with Crippen LogP contribution in [0.25, 0.3) is 33.3 Å². The zero-order valence-corrected chi connectivity index (χ0v) is 17.4. The monoisotopic (exact) mass is 410 g/mol. The van der Waals surface area contributed by atoms with Gasteiger partial charge in [-0.3, -0.25) is 0 Å². The van der Waals surface area contributed by atoms with Gasteiger partial charge in [-0.05, 0) is 46.7 Å². The number of para-hydroxylation sites is 1. The van der Waals surface area contributed by atoms with Gasteiger partial charge in [-0.25, -0.2) is 4.98 Å². The summed E-state index contributed by atoms with van der Waals surface area (Å²) in [5, 5.41) is 14.9. The number of nitrogens with zero attached hydrogens (tertiary/aromatic N) is 1. The molecule has 2 heterocycles. The summed E-state index contributed by atoms with van der Waals surface area (Å²) in [6.07, 6.45) is 2.12. The number of carboxylic acids is 1. The van der Waals surface area contributed by atoms with E-state index in [0.717, 1.165) is 45.5 Å². The van der Waals surface area contributed by atoms with E-state index in [2.05, 4.69) is 31.3 Å². The average molecular weight is 410 g/mol. The molecule has 0 saturated carbocycles. The normalized spacial score (nSPS) is 17.1. The molecular formula is C26H22N2O3. The first kappa shape index (κ1) is 19.3. The summed E-state index contributed by atoms with van der Waals surface area (Å²) in [7, 11) is 3.73. The van der Waals surface area contributed by atoms with E-state index < -0.39 is 5.97 Å². The molecule has 1 aliphatic heterocycles. The van der Waals surface area contributed by atoms with Gasteiger partial charge < -0.3 is 19.5 Å². The molecule has 1 unspecified atom stereocenters. The molecule has 31 heavy (non-hydrogen) atoms. The number of hydrogen-bond donors (Lipinski definition) is 1. The third kappa shape index (κ3) is 3.43. The first-order chi connectivity index (χ1) is 15.0. The fourth-order valence-electron chi connectivity index (χ4n) is 4.48. The largest absolute Gasteiger partial charge is 0.545 e. The summed E-state index contributed by atoms with van der Waals surface area (Å²) in [5.74, 6) is -0.320. The number of carbonyl (C=O) groups excluding carboxylic acids is 1. The van der Waals surface area contributed by atoms with E-state index in [1.165, 1.54) is 4.90 Å². The van der Waals surface area contributed by atoms with E-state index in [1.807, 2.05) is 36.4 Å². The highest BCUT2D eigenvalue weighted by Crippen LogP contribution is 2.30. The number of likely N-dealkylation sites (N-methyl/N-ethyl adjacent to an activating group) is 1. The molecule has 1 N–H and O–H groups in total. The maximum atomic E-state index is 12.1. The quantitative estimate of drug-likeness (QED) is 0.563. The van der Waals surface area contributed by atoms with Gasteiger partial charge in [-0.1, -0.05) is 36.4 Å². The number of aromatic carboxylic acids is 1. The lowest BCUT2D eigenvalue weighted by Gasteiger charge is -2.27. The third-order valence-electron chi connectivity index (χ3n) is 5.88. The summed E-state index contributed by atoms with van der Waals surface area (Å²) in [6, 6.07) is 19.7. The molecule has 1 aromatic heterocycles. The van der Waals surface area contributed by atoms with Gasteiger partial charge in [0.2, 0.25) is 0 Å². The standard InChI is InChI=1S/C26H22N2O3/c1-28-14-19(12-16-7-8-18-13-20(31-2)10-9-17(18)11-16)25-22(15-28)24(26(29)30)21-5-3-4-6-23(21)27-25/h3-13H,14-15H2,1-2H3,(H,29,30)/b19-12+. The maximum Gasteiger partial charge on any atom is 0.119 e. The summed E-state index contributed by atoms with van der Waals surface area (Å²) >= 11 is 0. The van der Waals surface area contributed by atoms with Gasteiger partial charge >= 0.3 is 0 Å². The Kier molecular flexibility index (Phi) is 4.68. The number of methoxy groups -OCH3 is 1. The van der Waals surface area contributed by atoms with Crippen LogP contribution in [0.5, 0.6) is 5.75 Å². The molecule has 5 rings (SSSR count). The van der Waals surface area contributed by atoms with Crippen LogP contribution < -0.4 is 14.7 Å². The van der Waals surface area contributed by atoms with Crippen LogP contribution in [0, 0.1) is 0 Å². The molecule has 0 fully saturated rings. The van der Waals surface area contributed by atoms with Crippen molar-refractivity contribution in [3.8, 4) is 5.75 Å². The van der Waals surface area contributed by atoms with Gasteiger partial charge in [0.05, 0.1) is 31.3 Å². The van der Waals surface area contributed by atoms with E-state index >= 15 is 0 Å². The van der Waals surface area contributed by atoms with Crippen molar-refractivity contribution < 1.29 is 19.5 Å². The van der Waals surface area contributed by atoms with Gasteiger partial charge in [0.1, 0.15) is 18.8 Å². The fourth-order valence-corrected chi connectivity index (χ4v) is 4.48. The Morgan fingerprint density at radius 2 is 1.84 bits per heavy atom. The molecule has 4 aromatic rings. The number of hydrogen-bond acceptors (Lipinski definition) is 4. The number of fused-ring (bicyclic) bond motifs is 3. The molecule has 0 radical (unpaired) electrons. The van der Waals surface area contributed by atoms with Crippen molar-refractivity contribution in [2.75, 3.05) is 20.7 Å². The first-order valence-electron chi connectivity index (χ1n) is 10.3. The SMILES string of the molecule is COc1ccc2cc(/C=C3\C[NH+](C)Cc4c3nc3ccccc3c4C(=O)[O-])ccc2c1. The van der Waals surface area contributed by atoms with E-state index in [0.29, 0.717) is 17.4 Å². The van der Waals surface area contributed by atoms with Crippen molar-refractivity contribution in [3.63, 3.8) is 0 Å². The topological polar surface area (TPSA) is 66.7 Å². The van der Waals surface area contributed by atoms with Gasteiger partial charge in [-0.15, -0.1) is 0 Å². The minimum atomic E-state index is -1.15. The Morgan fingerprint density at radius 1 is 1.06 bits per heavy atom. The van der Waals surface area contributed by atoms with Gasteiger partial charge in [0.25, 0.3) is 0 Å².